The van der Waals surface area contributed by atoms with Gasteiger partial charge in [0.15, 0.2) is 0 Å². The van der Waals surface area contributed by atoms with E-state index in [1.54, 1.807) is 13.3 Å². The van der Waals surface area contributed by atoms with Crippen molar-refractivity contribution in [3.63, 3.8) is 0 Å². The van der Waals surface area contributed by atoms with Crippen molar-refractivity contribution in [1.82, 2.24) is 0 Å². The van der Waals surface area contributed by atoms with Gasteiger partial charge in [0.1, 0.15) is 0 Å². The molecule has 0 atom stereocenters. The maximum atomic E-state index is 5.75. The maximum Gasteiger partial charge on any atom is 0.0540 e. The standard InChI is InChI=1S/C8H15BrN2/c1-6(2)4-8(10)7(9)5-11-3/h5-6H,4,10H2,1-3H3. The number of hydrogen-bond acceptors (Lipinski definition) is 2. The van der Waals surface area contributed by atoms with Crippen LogP contribution in [0.3, 0.4) is 0 Å². The van der Waals surface area contributed by atoms with E-state index in [-0.39, 0.29) is 0 Å². The van der Waals surface area contributed by atoms with Gasteiger partial charge in [0.05, 0.1) is 4.48 Å². The van der Waals surface area contributed by atoms with E-state index in [0.29, 0.717) is 5.92 Å². The van der Waals surface area contributed by atoms with Crippen molar-refractivity contribution in [2.24, 2.45) is 16.6 Å². The Kier molecular flexibility index (Phi) is 5.20. The molecule has 0 bridgehead atoms. The lowest BCUT2D eigenvalue weighted by Crippen LogP contribution is -2.04. The second kappa shape index (κ2) is 5.35. The average Bonchev–Trinajstić information content (AvgIpc) is 1.86. The number of aliphatic imine (C=N–C) groups is 1. The summed E-state index contributed by atoms with van der Waals surface area (Å²) in [4.78, 5) is 3.85. The first kappa shape index (κ1) is 10.7. The fourth-order valence-electron chi connectivity index (χ4n) is 0.734. The molecule has 0 fully saturated rings. The third kappa shape index (κ3) is 5.01. The highest BCUT2D eigenvalue weighted by Crippen LogP contribution is 2.13. The van der Waals surface area contributed by atoms with Crippen molar-refractivity contribution in [3.05, 3.63) is 10.2 Å². The fourth-order valence-corrected chi connectivity index (χ4v) is 1.10. The zero-order valence-corrected chi connectivity index (χ0v) is 8.85. The molecule has 0 rings (SSSR count). The molecule has 64 valence electrons. The van der Waals surface area contributed by atoms with E-state index in [9.17, 15) is 0 Å². The fraction of sp³-hybridized carbons (Fsp3) is 0.625. The van der Waals surface area contributed by atoms with Crippen LogP contribution in [0.25, 0.3) is 0 Å². The van der Waals surface area contributed by atoms with Crippen molar-refractivity contribution in [1.29, 1.82) is 0 Å². The van der Waals surface area contributed by atoms with Gasteiger partial charge in [0.2, 0.25) is 0 Å². The molecule has 0 saturated carbocycles. The summed E-state index contributed by atoms with van der Waals surface area (Å²) < 4.78 is 0.897. The van der Waals surface area contributed by atoms with Crippen molar-refractivity contribution in [3.8, 4) is 0 Å². The van der Waals surface area contributed by atoms with E-state index < -0.39 is 0 Å². The molecule has 11 heavy (non-hydrogen) atoms. The molecule has 3 heteroatoms. The Balaban J connectivity index is 4.16. The highest BCUT2D eigenvalue weighted by Gasteiger charge is 1.99. The van der Waals surface area contributed by atoms with Crippen LogP contribution in [0.2, 0.25) is 0 Å². The maximum absolute atomic E-state index is 5.75. The van der Waals surface area contributed by atoms with Crippen molar-refractivity contribution in [2.75, 3.05) is 7.05 Å². The van der Waals surface area contributed by atoms with Crippen LogP contribution in [0.5, 0.6) is 0 Å². The Morgan fingerprint density at radius 1 is 1.64 bits per heavy atom. The zero-order valence-electron chi connectivity index (χ0n) is 7.26. The average molecular weight is 219 g/mol. The minimum absolute atomic E-state index is 0.591. The molecule has 2 N–H and O–H groups in total. The monoisotopic (exact) mass is 218 g/mol. The van der Waals surface area contributed by atoms with Gasteiger partial charge in [0.25, 0.3) is 0 Å². The van der Waals surface area contributed by atoms with E-state index in [4.69, 9.17) is 5.73 Å². The molecular formula is C8H15BrN2. The number of nitrogens with zero attached hydrogens (tertiary/aromatic N) is 1. The molecule has 0 aromatic carbocycles. The van der Waals surface area contributed by atoms with Gasteiger partial charge in [0, 0.05) is 19.0 Å². The number of nitrogens with two attached hydrogens (primary N) is 1. The van der Waals surface area contributed by atoms with Crippen LogP contribution in [0.4, 0.5) is 0 Å². The summed E-state index contributed by atoms with van der Waals surface area (Å²) >= 11 is 3.34. The molecule has 0 saturated heterocycles. The van der Waals surface area contributed by atoms with Gasteiger partial charge in [-0.15, -0.1) is 0 Å². The van der Waals surface area contributed by atoms with Gasteiger partial charge in [-0.2, -0.15) is 0 Å². The second-order valence-electron chi connectivity index (χ2n) is 2.86. The Labute approximate surface area is 76.7 Å². The van der Waals surface area contributed by atoms with Crippen LogP contribution in [0.1, 0.15) is 20.3 Å². The molecule has 0 aliphatic rings. The van der Waals surface area contributed by atoms with Crippen LogP contribution in [-0.2, 0) is 0 Å². The number of rotatable bonds is 3. The van der Waals surface area contributed by atoms with Crippen LogP contribution in [-0.4, -0.2) is 13.3 Å². The molecule has 0 radical (unpaired) electrons. The van der Waals surface area contributed by atoms with Gasteiger partial charge in [-0.1, -0.05) is 13.8 Å². The van der Waals surface area contributed by atoms with Gasteiger partial charge in [-0.25, -0.2) is 0 Å². The quantitative estimate of drug-likeness (QED) is 0.726. The summed E-state index contributed by atoms with van der Waals surface area (Å²) in [6.07, 6.45) is 2.63. The number of hydrogen-bond donors (Lipinski definition) is 1. The summed E-state index contributed by atoms with van der Waals surface area (Å²) in [5.41, 5.74) is 6.61. The van der Waals surface area contributed by atoms with Gasteiger partial charge in [-0.3, -0.25) is 4.99 Å². The van der Waals surface area contributed by atoms with Gasteiger partial charge < -0.3 is 5.73 Å². The SMILES string of the molecule is CN=CC(Br)=C(N)CC(C)C. The van der Waals surface area contributed by atoms with E-state index in [0.717, 1.165) is 16.6 Å². The lowest BCUT2D eigenvalue weighted by Gasteiger charge is -2.05. The normalized spacial score (nSPS) is 14.3. The number of allylic oxidation sites excluding steroid dienone is 2. The highest BCUT2D eigenvalue weighted by atomic mass is 79.9. The lowest BCUT2D eigenvalue weighted by molar-refractivity contribution is 0.638. The molecule has 0 amide bonds. The van der Waals surface area contributed by atoms with E-state index >= 15 is 0 Å². The van der Waals surface area contributed by atoms with E-state index in [2.05, 4.69) is 34.8 Å². The minimum Gasteiger partial charge on any atom is -0.401 e. The minimum atomic E-state index is 0.591. The van der Waals surface area contributed by atoms with E-state index in [1.165, 1.54) is 0 Å². The van der Waals surface area contributed by atoms with Crippen LogP contribution >= 0.6 is 15.9 Å². The van der Waals surface area contributed by atoms with Gasteiger partial charge >= 0.3 is 0 Å². The molecule has 0 aliphatic carbocycles. The van der Waals surface area contributed by atoms with Crippen molar-refractivity contribution >= 4 is 22.1 Å². The summed E-state index contributed by atoms with van der Waals surface area (Å²) in [7, 11) is 1.73. The Bertz CT molecular complexity index is 171. The Morgan fingerprint density at radius 3 is 2.55 bits per heavy atom. The topological polar surface area (TPSA) is 38.4 Å². The summed E-state index contributed by atoms with van der Waals surface area (Å²) in [5.74, 6) is 0.591. The van der Waals surface area contributed by atoms with Crippen molar-refractivity contribution < 1.29 is 0 Å². The Morgan fingerprint density at radius 2 is 2.18 bits per heavy atom. The van der Waals surface area contributed by atoms with Gasteiger partial charge in [-0.05, 0) is 28.3 Å². The molecule has 0 aromatic rings. The largest absolute Gasteiger partial charge is 0.401 e. The highest BCUT2D eigenvalue weighted by molar-refractivity contribution is 9.12. The predicted molar refractivity (Wildman–Crippen MR) is 54.0 cm³/mol. The molecule has 2 nitrogen and oxygen atoms in total. The molecule has 0 heterocycles. The molecule has 0 aliphatic heterocycles. The third-order valence-electron chi connectivity index (χ3n) is 1.18. The van der Waals surface area contributed by atoms with Crippen molar-refractivity contribution in [2.45, 2.75) is 20.3 Å². The first-order valence-electron chi connectivity index (χ1n) is 3.64. The Hall–Kier alpha value is -0.310. The summed E-state index contributed by atoms with van der Waals surface area (Å²) in [6.45, 7) is 4.27. The molecule has 0 aromatic heterocycles. The smallest absolute Gasteiger partial charge is 0.0540 e. The van der Waals surface area contributed by atoms with Crippen LogP contribution < -0.4 is 5.73 Å². The van der Waals surface area contributed by atoms with Crippen LogP contribution in [0.15, 0.2) is 15.2 Å². The summed E-state index contributed by atoms with van der Waals surface area (Å²) in [5, 5.41) is 0. The molecule has 0 spiro atoms. The molecule has 0 unspecified atom stereocenters. The first-order valence-corrected chi connectivity index (χ1v) is 4.43. The van der Waals surface area contributed by atoms with Crippen LogP contribution in [0, 0.1) is 5.92 Å². The zero-order chi connectivity index (χ0) is 8.85. The number of halogens is 1. The summed E-state index contributed by atoms with van der Waals surface area (Å²) in [6, 6.07) is 0. The van der Waals surface area contributed by atoms with E-state index in [1.807, 2.05) is 0 Å². The lowest BCUT2D eigenvalue weighted by atomic mass is 10.1. The second-order valence-corrected chi connectivity index (χ2v) is 3.71. The first-order chi connectivity index (χ1) is 5.07. The molecular weight excluding hydrogens is 204 g/mol. The third-order valence-corrected chi connectivity index (χ3v) is 1.89. The predicted octanol–water partition coefficient (Wildman–Crippen LogP) is 2.30.